The Hall–Kier alpha value is -2.58. The number of rotatable bonds is 7. The van der Waals surface area contributed by atoms with Gasteiger partial charge in [-0.3, -0.25) is 9.69 Å². The fourth-order valence-corrected chi connectivity index (χ4v) is 5.91. The molecule has 1 aromatic heterocycles. The summed E-state index contributed by atoms with van der Waals surface area (Å²) in [5.41, 5.74) is 0. The highest BCUT2D eigenvalue weighted by molar-refractivity contribution is 6.30. The summed E-state index contributed by atoms with van der Waals surface area (Å²) in [4.78, 5) is 29.0. The number of hydrogen-bond donors (Lipinski definition) is 1. The first-order valence-electron chi connectivity index (χ1n) is 13.9. The number of ether oxygens (including phenoxy) is 1. The van der Waals surface area contributed by atoms with Gasteiger partial charge in [0.25, 0.3) is 5.91 Å². The standard InChI is InChI=1S/C28H39ClN6O2/c29-22-7-9-25(10-8-22)37-21-27(36)34-18-12-24(13-19-34)35-17-5-6-23(20-35)31-28-30-14-11-26(32-28)33-15-3-1-2-4-16-33/h7-11,14,23-24H,1-6,12-13,15-21H2,(H,30,31,32). The molecule has 8 nitrogen and oxygen atoms in total. The summed E-state index contributed by atoms with van der Waals surface area (Å²) in [5, 5.41) is 4.29. The second-order valence-electron chi connectivity index (χ2n) is 10.5. The molecule has 3 aliphatic heterocycles. The van der Waals surface area contributed by atoms with Gasteiger partial charge in [0.1, 0.15) is 11.6 Å². The number of anilines is 2. The summed E-state index contributed by atoms with van der Waals surface area (Å²) in [7, 11) is 0. The summed E-state index contributed by atoms with van der Waals surface area (Å²) in [5.74, 6) is 2.51. The van der Waals surface area contributed by atoms with Crippen LogP contribution in [0.25, 0.3) is 0 Å². The third-order valence-electron chi connectivity index (χ3n) is 7.87. The normalized spacial score (nSPS) is 21.9. The number of hydrogen-bond acceptors (Lipinski definition) is 7. The van der Waals surface area contributed by atoms with E-state index in [-0.39, 0.29) is 12.5 Å². The lowest BCUT2D eigenvalue weighted by molar-refractivity contribution is -0.135. The van der Waals surface area contributed by atoms with Crippen molar-refractivity contribution in [2.75, 3.05) is 56.1 Å². The first-order chi connectivity index (χ1) is 18.1. The van der Waals surface area contributed by atoms with Crippen LogP contribution in [0.5, 0.6) is 5.75 Å². The van der Waals surface area contributed by atoms with Gasteiger partial charge < -0.3 is 19.9 Å². The van der Waals surface area contributed by atoms with Crippen LogP contribution in [0.2, 0.25) is 5.02 Å². The van der Waals surface area contributed by atoms with Gasteiger partial charge in [-0.25, -0.2) is 4.98 Å². The molecule has 0 saturated carbocycles. The Morgan fingerprint density at radius 2 is 1.70 bits per heavy atom. The topological polar surface area (TPSA) is 73.8 Å². The van der Waals surface area contributed by atoms with Gasteiger partial charge in [0.15, 0.2) is 6.61 Å². The largest absolute Gasteiger partial charge is 0.484 e. The van der Waals surface area contributed by atoms with Crippen LogP contribution in [0.15, 0.2) is 36.5 Å². The van der Waals surface area contributed by atoms with Crippen LogP contribution in [-0.4, -0.2) is 83.6 Å². The summed E-state index contributed by atoms with van der Waals surface area (Å²) in [6.45, 7) is 5.91. The molecule has 1 N–H and O–H groups in total. The fourth-order valence-electron chi connectivity index (χ4n) is 5.78. The van der Waals surface area contributed by atoms with Crippen molar-refractivity contribution in [3.8, 4) is 5.75 Å². The molecule has 3 saturated heterocycles. The average molecular weight is 527 g/mol. The molecule has 200 valence electrons. The predicted molar refractivity (Wildman–Crippen MR) is 147 cm³/mol. The zero-order chi connectivity index (χ0) is 25.5. The minimum atomic E-state index is 0.0491. The molecule has 3 aliphatic rings. The lowest BCUT2D eigenvalue weighted by atomic mass is 9.98. The van der Waals surface area contributed by atoms with Crippen molar-refractivity contribution in [2.24, 2.45) is 0 Å². The molecule has 1 atom stereocenters. The van der Waals surface area contributed by atoms with E-state index in [2.05, 4.69) is 20.1 Å². The Balaban J connectivity index is 1.08. The van der Waals surface area contributed by atoms with E-state index in [1.165, 1.54) is 25.7 Å². The van der Waals surface area contributed by atoms with Gasteiger partial charge in [-0.2, -0.15) is 4.98 Å². The number of aromatic nitrogens is 2. The van der Waals surface area contributed by atoms with Gasteiger partial charge in [0, 0.05) is 56.0 Å². The molecular formula is C28H39ClN6O2. The van der Waals surface area contributed by atoms with Crippen molar-refractivity contribution in [1.82, 2.24) is 19.8 Å². The number of nitrogens with one attached hydrogen (secondary N) is 1. The van der Waals surface area contributed by atoms with Crippen LogP contribution in [0, 0.1) is 0 Å². The van der Waals surface area contributed by atoms with Crippen LogP contribution >= 0.6 is 11.6 Å². The second kappa shape index (κ2) is 12.8. The first-order valence-corrected chi connectivity index (χ1v) is 14.3. The van der Waals surface area contributed by atoms with Gasteiger partial charge in [-0.05, 0) is 75.4 Å². The smallest absolute Gasteiger partial charge is 0.260 e. The van der Waals surface area contributed by atoms with Crippen LogP contribution in [-0.2, 0) is 4.79 Å². The van der Waals surface area contributed by atoms with E-state index in [4.69, 9.17) is 21.3 Å². The third kappa shape index (κ3) is 7.26. The van der Waals surface area contributed by atoms with Gasteiger partial charge in [-0.1, -0.05) is 24.4 Å². The summed E-state index contributed by atoms with van der Waals surface area (Å²) in [6, 6.07) is 10.0. The highest BCUT2D eigenvalue weighted by Gasteiger charge is 2.30. The van der Waals surface area contributed by atoms with E-state index in [0.717, 1.165) is 76.7 Å². The second-order valence-corrected chi connectivity index (χ2v) is 10.9. The van der Waals surface area contributed by atoms with Crippen LogP contribution < -0.4 is 15.0 Å². The van der Waals surface area contributed by atoms with E-state index >= 15 is 0 Å². The van der Waals surface area contributed by atoms with E-state index < -0.39 is 0 Å². The Labute approximate surface area is 225 Å². The maximum Gasteiger partial charge on any atom is 0.260 e. The monoisotopic (exact) mass is 526 g/mol. The van der Waals surface area contributed by atoms with Crippen molar-refractivity contribution < 1.29 is 9.53 Å². The number of nitrogens with zero attached hydrogens (tertiary/aromatic N) is 5. The molecule has 1 amide bonds. The molecule has 3 fully saturated rings. The zero-order valence-corrected chi connectivity index (χ0v) is 22.4. The summed E-state index contributed by atoms with van der Waals surface area (Å²) < 4.78 is 5.66. The SMILES string of the molecule is O=C(COc1ccc(Cl)cc1)N1CCC(N2CCCC(Nc3nccc(N4CCCCCC4)n3)C2)CC1. The van der Waals surface area contributed by atoms with Crippen molar-refractivity contribution in [3.63, 3.8) is 0 Å². The molecule has 5 rings (SSSR count). The predicted octanol–water partition coefficient (Wildman–Crippen LogP) is 4.46. The Morgan fingerprint density at radius 3 is 2.46 bits per heavy atom. The van der Waals surface area contributed by atoms with Gasteiger partial charge >= 0.3 is 0 Å². The lowest BCUT2D eigenvalue weighted by Gasteiger charge is -2.42. The number of carbonyl (C=O) groups is 1. The Bertz CT molecular complexity index is 1010. The van der Waals surface area contributed by atoms with E-state index in [0.29, 0.717) is 22.9 Å². The number of amides is 1. The van der Waals surface area contributed by atoms with Crippen LogP contribution in [0.3, 0.4) is 0 Å². The number of carbonyl (C=O) groups excluding carboxylic acids is 1. The molecule has 0 aliphatic carbocycles. The molecule has 0 spiro atoms. The average Bonchev–Trinajstić information content (AvgIpc) is 3.23. The van der Waals surface area contributed by atoms with Gasteiger partial charge in [-0.15, -0.1) is 0 Å². The lowest BCUT2D eigenvalue weighted by Crippen LogP contribution is -2.52. The third-order valence-corrected chi connectivity index (χ3v) is 8.12. The minimum Gasteiger partial charge on any atom is -0.484 e. The number of halogens is 1. The maximum atomic E-state index is 12.7. The van der Waals surface area contributed by atoms with Gasteiger partial charge in [0.2, 0.25) is 5.95 Å². The number of piperidine rings is 2. The summed E-state index contributed by atoms with van der Waals surface area (Å²) in [6.07, 6.45) is 11.3. The molecule has 4 heterocycles. The van der Waals surface area contributed by atoms with Crippen molar-refractivity contribution in [1.29, 1.82) is 0 Å². The highest BCUT2D eigenvalue weighted by atomic mass is 35.5. The van der Waals surface area contributed by atoms with Crippen LogP contribution in [0.1, 0.15) is 51.4 Å². The number of likely N-dealkylation sites (tertiary alicyclic amines) is 2. The highest BCUT2D eigenvalue weighted by Crippen LogP contribution is 2.24. The molecule has 1 unspecified atom stereocenters. The van der Waals surface area contributed by atoms with E-state index in [9.17, 15) is 4.79 Å². The van der Waals surface area contributed by atoms with E-state index in [1.807, 2.05) is 17.2 Å². The Kier molecular flexibility index (Phi) is 9.00. The number of benzene rings is 1. The molecular weight excluding hydrogens is 488 g/mol. The molecule has 37 heavy (non-hydrogen) atoms. The zero-order valence-electron chi connectivity index (χ0n) is 21.7. The van der Waals surface area contributed by atoms with E-state index in [1.54, 1.807) is 24.3 Å². The Morgan fingerprint density at radius 1 is 0.946 bits per heavy atom. The molecule has 0 bridgehead atoms. The molecule has 2 aromatic rings. The quantitative estimate of drug-likeness (QED) is 0.571. The van der Waals surface area contributed by atoms with Crippen molar-refractivity contribution >= 4 is 29.3 Å². The maximum absolute atomic E-state index is 12.7. The molecule has 0 radical (unpaired) electrons. The minimum absolute atomic E-state index is 0.0491. The molecule has 1 aromatic carbocycles. The summed E-state index contributed by atoms with van der Waals surface area (Å²) >= 11 is 5.92. The molecule has 9 heteroatoms. The first kappa shape index (κ1) is 26.0. The van der Waals surface area contributed by atoms with Crippen molar-refractivity contribution in [3.05, 3.63) is 41.6 Å². The van der Waals surface area contributed by atoms with Crippen molar-refractivity contribution in [2.45, 2.75) is 63.5 Å². The fraction of sp³-hybridized carbons (Fsp3) is 0.607. The van der Waals surface area contributed by atoms with Crippen LogP contribution in [0.4, 0.5) is 11.8 Å². The van der Waals surface area contributed by atoms with Gasteiger partial charge in [0.05, 0.1) is 0 Å².